The number of fused-ring (bicyclic) bond motifs is 1. The van der Waals surface area contributed by atoms with E-state index in [1.165, 1.54) is 0 Å². The van der Waals surface area contributed by atoms with Crippen LogP contribution in [-0.2, 0) is 0 Å². The Morgan fingerprint density at radius 3 is 2.71 bits per heavy atom. The van der Waals surface area contributed by atoms with Crippen LogP contribution in [0.15, 0.2) is 18.2 Å². The van der Waals surface area contributed by atoms with Gasteiger partial charge in [-0.3, -0.25) is 9.69 Å². The van der Waals surface area contributed by atoms with Gasteiger partial charge in [0.2, 0.25) is 0 Å². The molecule has 1 amide bonds. The van der Waals surface area contributed by atoms with Gasteiger partial charge in [-0.25, -0.2) is 0 Å². The average molecular weight is 289 g/mol. The number of carbonyl (C=O) groups excluding carboxylic acids is 1. The fourth-order valence-corrected chi connectivity index (χ4v) is 2.95. The van der Waals surface area contributed by atoms with Gasteiger partial charge in [-0.1, -0.05) is 6.07 Å². The van der Waals surface area contributed by atoms with E-state index in [-0.39, 0.29) is 5.91 Å². The molecule has 2 aliphatic rings. The van der Waals surface area contributed by atoms with Crippen LogP contribution in [0.1, 0.15) is 24.2 Å². The zero-order valence-electron chi connectivity index (χ0n) is 12.8. The SMILES string of the molecule is CC(C)N1CCN(C(=O)c2cccc3c2OCCN3)CC1. The normalized spacial score (nSPS) is 18.9. The number of nitrogens with one attached hydrogen (secondary N) is 1. The third-order valence-corrected chi connectivity index (χ3v) is 4.24. The summed E-state index contributed by atoms with van der Waals surface area (Å²) in [5, 5.41) is 3.28. The molecular formula is C16H23N3O2. The van der Waals surface area contributed by atoms with Gasteiger partial charge in [0.1, 0.15) is 6.61 Å². The number of benzene rings is 1. The number of para-hydroxylation sites is 1. The summed E-state index contributed by atoms with van der Waals surface area (Å²) in [6.45, 7) is 9.25. The van der Waals surface area contributed by atoms with Gasteiger partial charge in [-0.15, -0.1) is 0 Å². The Balaban J connectivity index is 1.75. The second-order valence-electron chi connectivity index (χ2n) is 5.88. The molecule has 2 heterocycles. The summed E-state index contributed by atoms with van der Waals surface area (Å²) in [4.78, 5) is 17.1. The minimum absolute atomic E-state index is 0.0824. The van der Waals surface area contributed by atoms with Gasteiger partial charge in [-0.2, -0.15) is 0 Å². The molecule has 3 rings (SSSR count). The maximum absolute atomic E-state index is 12.7. The summed E-state index contributed by atoms with van der Waals surface area (Å²) in [7, 11) is 0. The number of hydrogen-bond donors (Lipinski definition) is 1. The Labute approximate surface area is 125 Å². The first kappa shape index (κ1) is 14.2. The second kappa shape index (κ2) is 5.93. The van der Waals surface area contributed by atoms with Gasteiger partial charge in [0, 0.05) is 38.8 Å². The first-order valence-corrected chi connectivity index (χ1v) is 7.70. The highest BCUT2D eigenvalue weighted by molar-refractivity contribution is 5.99. The first-order chi connectivity index (χ1) is 10.2. The van der Waals surface area contributed by atoms with Crippen LogP contribution in [0.5, 0.6) is 5.75 Å². The van der Waals surface area contributed by atoms with E-state index in [1.807, 2.05) is 23.1 Å². The lowest BCUT2D eigenvalue weighted by Crippen LogP contribution is -2.50. The van der Waals surface area contributed by atoms with Crippen molar-refractivity contribution in [1.82, 2.24) is 9.80 Å². The molecule has 0 spiro atoms. The average Bonchev–Trinajstić information content (AvgIpc) is 2.53. The molecule has 114 valence electrons. The van der Waals surface area contributed by atoms with Gasteiger partial charge in [0.25, 0.3) is 5.91 Å². The van der Waals surface area contributed by atoms with Crippen LogP contribution in [0.3, 0.4) is 0 Å². The summed E-state index contributed by atoms with van der Waals surface area (Å²) < 4.78 is 5.71. The highest BCUT2D eigenvalue weighted by atomic mass is 16.5. The predicted octanol–water partition coefficient (Wildman–Crippen LogP) is 1.66. The Kier molecular flexibility index (Phi) is 4.01. The van der Waals surface area contributed by atoms with Crippen molar-refractivity contribution < 1.29 is 9.53 Å². The lowest BCUT2D eigenvalue weighted by molar-refractivity contribution is 0.0591. The highest BCUT2D eigenvalue weighted by Crippen LogP contribution is 2.32. The molecule has 1 N–H and O–H groups in total. The van der Waals surface area contributed by atoms with Crippen molar-refractivity contribution in [2.75, 3.05) is 44.6 Å². The number of hydrogen-bond acceptors (Lipinski definition) is 4. The molecule has 1 aromatic carbocycles. The summed E-state index contributed by atoms with van der Waals surface area (Å²) in [6, 6.07) is 6.28. The van der Waals surface area contributed by atoms with Crippen LogP contribution in [0.4, 0.5) is 5.69 Å². The summed E-state index contributed by atoms with van der Waals surface area (Å²) in [5.41, 5.74) is 1.60. The number of ether oxygens (including phenoxy) is 1. The molecule has 1 aromatic rings. The minimum Gasteiger partial charge on any atom is -0.489 e. The molecule has 0 atom stereocenters. The quantitative estimate of drug-likeness (QED) is 0.899. The van der Waals surface area contributed by atoms with E-state index >= 15 is 0 Å². The molecule has 21 heavy (non-hydrogen) atoms. The number of piperazine rings is 1. The number of anilines is 1. The molecule has 0 aliphatic carbocycles. The fourth-order valence-electron chi connectivity index (χ4n) is 2.95. The largest absolute Gasteiger partial charge is 0.489 e. The van der Waals surface area contributed by atoms with Crippen molar-refractivity contribution >= 4 is 11.6 Å². The summed E-state index contributed by atoms with van der Waals surface area (Å²) in [6.07, 6.45) is 0. The van der Waals surface area contributed by atoms with Crippen molar-refractivity contribution in [3.63, 3.8) is 0 Å². The molecule has 5 nitrogen and oxygen atoms in total. The van der Waals surface area contributed by atoms with Crippen molar-refractivity contribution in [2.24, 2.45) is 0 Å². The molecule has 1 saturated heterocycles. The van der Waals surface area contributed by atoms with E-state index in [0.29, 0.717) is 24.0 Å². The van der Waals surface area contributed by atoms with E-state index in [0.717, 1.165) is 38.4 Å². The Morgan fingerprint density at radius 1 is 1.24 bits per heavy atom. The Hall–Kier alpha value is -1.75. The van der Waals surface area contributed by atoms with Crippen molar-refractivity contribution in [3.05, 3.63) is 23.8 Å². The van der Waals surface area contributed by atoms with Crippen LogP contribution in [0, 0.1) is 0 Å². The van der Waals surface area contributed by atoms with Gasteiger partial charge in [0.15, 0.2) is 5.75 Å². The molecule has 2 aliphatic heterocycles. The lowest BCUT2D eigenvalue weighted by Gasteiger charge is -2.37. The predicted molar refractivity (Wildman–Crippen MR) is 83.0 cm³/mol. The number of carbonyl (C=O) groups is 1. The number of rotatable bonds is 2. The standard InChI is InChI=1S/C16H23N3O2/c1-12(2)18-7-9-19(10-8-18)16(20)13-4-3-5-14-15(13)21-11-6-17-14/h3-5,12,17H,6-11H2,1-2H3. The lowest BCUT2D eigenvalue weighted by atomic mass is 10.1. The van der Waals surface area contributed by atoms with Gasteiger partial charge >= 0.3 is 0 Å². The van der Waals surface area contributed by atoms with E-state index in [2.05, 4.69) is 24.1 Å². The highest BCUT2D eigenvalue weighted by Gasteiger charge is 2.26. The van der Waals surface area contributed by atoms with Crippen LogP contribution >= 0.6 is 0 Å². The van der Waals surface area contributed by atoms with Crippen LogP contribution in [-0.4, -0.2) is 61.1 Å². The monoisotopic (exact) mass is 289 g/mol. The molecule has 5 heteroatoms. The molecule has 0 unspecified atom stereocenters. The van der Waals surface area contributed by atoms with E-state index in [1.54, 1.807) is 0 Å². The van der Waals surface area contributed by atoms with Crippen molar-refractivity contribution in [2.45, 2.75) is 19.9 Å². The maximum atomic E-state index is 12.7. The van der Waals surface area contributed by atoms with Gasteiger partial charge in [0.05, 0.1) is 11.3 Å². The zero-order chi connectivity index (χ0) is 14.8. The van der Waals surface area contributed by atoms with E-state index in [4.69, 9.17) is 4.74 Å². The maximum Gasteiger partial charge on any atom is 0.257 e. The zero-order valence-corrected chi connectivity index (χ0v) is 12.8. The van der Waals surface area contributed by atoms with Crippen molar-refractivity contribution in [3.8, 4) is 5.75 Å². The van der Waals surface area contributed by atoms with Crippen LogP contribution in [0.2, 0.25) is 0 Å². The Morgan fingerprint density at radius 2 is 2.00 bits per heavy atom. The third kappa shape index (κ3) is 2.83. The Bertz CT molecular complexity index is 522. The number of nitrogens with zero attached hydrogens (tertiary/aromatic N) is 2. The molecule has 0 radical (unpaired) electrons. The van der Waals surface area contributed by atoms with E-state index in [9.17, 15) is 4.79 Å². The topological polar surface area (TPSA) is 44.8 Å². The summed E-state index contributed by atoms with van der Waals surface area (Å²) in [5.74, 6) is 0.791. The molecule has 0 bridgehead atoms. The van der Waals surface area contributed by atoms with Crippen LogP contribution < -0.4 is 10.1 Å². The molecule has 0 aromatic heterocycles. The smallest absolute Gasteiger partial charge is 0.257 e. The third-order valence-electron chi connectivity index (χ3n) is 4.24. The van der Waals surface area contributed by atoms with E-state index < -0.39 is 0 Å². The van der Waals surface area contributed by atoms with Crippen molar-refractivity contribution in [1.29, 1.82) is 0 Å². The van der Waals surface area contributed by atoms with Crippen LogP contribution in [0.25, 0.3) is 0 Å². The molecule has 1 fully saturated rings. The molecular weight excluding hydrogens is 266 g/mol. The van der Waals surface area contributed by atoms with Gasteiger partial charge < -0.3 is 15.0 Å². The number of amides is 1. The minimum atomic E-state index is 0.0824. The summed E-state index contributed by atoms with van der Waals surface area (Å²) >= 11 is 0. The second-order valence-corrected chi connectivity index (χ2v) is 5.88. The van der Waals surface area contributed by atoms with Gasteiger partial charge in [-0.05, 0) is 26.0 Å². The fraction of sp³-hybridized carbons (Fsp3) is 0.562. The first-order valence-electron chi connectivity index (χ1n) is 7.70. The molecule has 0 saturated carbocycles.